The number of carbonyl (C=O) groups is 1. The fourth-order valence-electron chi connectivity index (χ4n) is 1.40. The molecular weight excluding hydrogens is 276 g/mol. The summed E-state index contributed by atoms with van der Waals surface area (Å²) >= 11 is 5.86. The summed E-state index contributed by atoms with van der Waals surface area (Å²) in [6.45, 7) is 1.74. The molecule has 1 aromatic carbocycles. The van der Waals surface area contributed by atoms with E-state index in [9.17, 15) is 13.2 Å². The van der Waals surface area contributed by atoms with Crippen molar-refractivity contribution in [2.45, 2.75) is 13.3 Å². The van der Waals surface area contributed by atoms with Gasteiger partial charge in [-0.2, -0.15) is 0 Å². The molecule has 7 heteroatoms. The van der Waals surface area contributed by atoms with Crippen LogP contribution in [-0.4, -0.2) is 25.8 Å². The molecule has 5 nitrogen and oxygen atoms in total. The molecule has 100 valence electrons. The van der Waals surface area contributed by atoms with E-state index in [2.05, 4.69) is 5.32 Å². The molecule has 0 aromatic heterocycles. The van der Waals surface area contributed by atoms with E-state index in [-0.39, 0.29) is 10.8 Å². The van der Waals surface area contributed by atoms with Gasteiger partial charge in [-0.3, -0.25) is 4.79 Å². The number of hydrogen-bond acceptors (Lipinski definition) is 4. The quantitative estimate of drug-likeness (QED) is 0.808. The monoisotopic (exact) mass is 290 g/mol. The highest BCUT2D eigenvalue weighted by Crippen LogP contribution is 2.23. The summed E-state index contributed by atoms with van der Waals surface area (Å²) in [5.41, 5.74) is 6.33. The highest BCUT2D eigenvalue weighted by Gasteiger charge is 2.16. The van der Waals surface area contributed by atoms with Crippen LogP contribution in [0.25, 0.3) is 0 Å². The fraction of sp³-hybridized carbons (Fsp3) is 0.364. The van der Waals surface area contributed by atoms with Crippen molar-refractivity contribution in [2.24, 2.45) is 0 Å². The van der Waals surface area contributed by atoms with Gasteiger partial charge in [0.25, 0.3) is 0 Å². The molecule has 18 heavy (non-hydrogen) atoms. The molecule has 1 aromatic rings. The van der Waals surface area contributed by atoms with Gasteiger partial charge in [0.2, 0.25) is 5.91 Å². The molecule has 0 fully saturated rings. The molecule has 0 atom stereocenters. The first-order chi connectivity index (χ1) is 8.34. The summed E-state index contributed by atoms with van der Waals surface area (Å²) < 4.78 is 22.9. The van der Waals surface area contributed by atoms with Crippen molar-refractivity contribution in [2.75, 3.05) is 22.6 Å². The number of nitrogen functional groups attached to an aromatic ring is 1. The number of nitrogens with two attached hydrogens (primary N) is 1. The Balaban J connectivity index is 2.71. The number of anilines is 2. The third-order valence-corrected chi connectivity index (χ3v) is 4.18. The van der Waals surface area contributed by atoms with Gasteiger partial charge in [-0.05, 0) is 24.6 Å². The Hall–Kier alpha value is -1.27. The topological polar surface area (TPSA) is 89.3 Å². The summed E-state index contributed by atoms with van der Waals surface area (Å²) in [5.74, 6) is -1.15. The summed E-state index contributed by atoms with van der Waals surface area (Å²) in [5, 5.41) is 2.72. The molecule has 1 rings (SSSR count). The van der Waals surface area contributed by atoms with Crippen LogP contribution in [-0.2, 0) is 14.6 Å². The van der Waals surface area contributed by atoms with E-state index in [0.717, 1.165) is 0 Å². The molecule has 0 saturated carbocycles. The molecule has 1 amide bonds. The molecule has 3 N–H and O–H groups in total. The van der Waals surface area contributed by atoms with Crippen molar-refractivity contribution >= 4 is 38.7 Å². The Morgan fingerprint density at radius 3 is 2.67 bits per heavy atom. The lowest BCUT2D eigenvalue weighted by atomic mass is 10.3. The maximum absolute atomic E-state index is 11.6. The minimum absolute atomic E-state index is 0.00408. The highest BCUT2D eigenvalue weighted by molar-refractivity contribution is 7.92. The van der Waals surface area contributed by atoms with Crippen molar-refractivity contribution < 1.29 is 13.2 Å². The lowest BCUT2D eigenvalue weighted by Gasteiger charge is -2.08. The largest absolute Gasteiger partial charge is 0.399 e. The first-order valence-electron chi connectivity index (χ1n) is 5.39. The SMILES string of the molecule is CCCS(=O)(=O)CC(=O)Nc1ccc(N)cc1Cl. The van der Waals surface area contributed by atoms with Gasteiger partial charge in [0.1, 0.15) is 5.75 Å². The molecule has 0 bridgehead atoms. The fourth-order valence-corrected chi connectivity index (χ4v) is 2.88. The zero-order chi connectivity index (χ0) is 13.8. The van der Waals surface area contributed by atoms with Gasteiger partial charge in [0.05, 0.1) is 16.5 Å². The minimum atomic E-state index is -3.35. The second kappa shape index (κ2) is 6.06. The van der Waals surface area contributed by atoms with E-state index in [1.54, 1.807) is 13.0 Å². The maximum Gasteiger partial charge on any atom is 0.239 e. The average molecular weight is 291 g/mol. The van der Waals surface area contributed by atoms with Crippen LogP contribution in [0, 0.1) is 0 Å². The first-order valence-corrected chi connectivity index (χ1v) is 7.59. The third-order valence-electron chi connectivity index (χ3n) is 2.13. The van der Waals surface area contributed by atoms with E-state index in [1.807, 2.05) is 0 Å². The van der Waals surface area contributed by atoms with Gasteiger partial charge >= 0.3 is 0 Å². The minimum Gasteiger partial charge on any atom is -0.399 e. The van der Waals surface area contributed by atoms with E-state index in [4.69, 9.17) is 17.3 Å². The second-order valence-corrected chi connectivity index (χ2v) is 6.47. The molecule has 0 aliphatic carbocycles. The molecule has 0 radical (unpaired) electrons. The number of benzene rings is 1. The van der Waals surface area contributed by atoms with Crippen molar-refractivity contribution in [3.63, 3.8) is 0 Å². The molecule has 0 spiro atoms. The second-order valence-electron chi connectivity index (χ2n) is 3.88. The molecule has 0 saturated heterocycles. The number of amides is 1. The Labute approximate surface area is 111 Å². The van der Waals surface area contributed by atoms with Crippen LogP contribution in [0.5, 0.6) is 0 Å². The molecule has 0 unspecified atom stereocenters. The zero-order valence-corrected chi connectivity index (χ0v) is 11.5. The third kappa shape index (κ3) is 4.54. The van der Waals surface area contributed by atoms with E-state index in [0.29, 0.717) is 17.8 Å². The van der Waals surface area contributed by atoms with Crippen molar-refractivity contribution in [3.8, 4) is 0 Å². The summed E-state index contributed by atoms with van der Waals surface area (Å²) in [6, 6.07) is 4.59. The van der Waals surface area contributed by atoms with Crippen LogP contribution >= 0.6 is 11.6 Å². The van der Waals surface area contributed by atoms with Gasteiger partial charge < -0.3 is 11.1 Å². The van der Waals surface area contributed by atoms with E-state index >= 15 is 0 Å². The normalized spacial score (nSPS) is 11.2. The van der Waals surface area contributed by atoms with Gasteiger partial charge in [-0.25, -0.2) is 8.42 Å². The van der Waals surface area contributed by atoms with Crippen LogP contribution in [0.2, 0.25) is 5.02 Å². The summed E-state index contributed by atoms with van der Waals surface area (Å²) in [7, 11) is -3.35. The lowest BCUT2D eigenvalue weighted by Crippen LogP contribution is -2.24. The number of rotatable bonds is 5. The Morgan fingerprint density at radius 2 is 2.11 bits per heavy atom. The zero-order valence-electron chi connectivity index (χ0n) is 9.94. The van der Waals surface area contributed by atoms with Crippen molar-refractivity contribution in [3.05, 3.63) is 23.2 Å². The predicted octanol–water partition coefficient (Wildman–Crippen LogP) is 1.69. The maximum atomic E-state index is 11.6. The molecule has 0 aliphatic heterocycles. The average Bonchev–Trinajstić information content (AvgIpc) is 2.21. The number of halogens is 1. The Bertz CT molecular complexity index is 543. The Kier molecular flexibility index (Phi) is 4.98. The van der Waals surface area contributed by atoms with Crippen LogP contribution in [0.3, 0.4) is 0 Å². The van der Waals surface area contributed by atoms with Crippen LogP contribution in [0.1, 0.15) is 13.3 Å². The van der Waals surface area contributed by atoms with E-state index < -0.39 is 21.5 Å². The Morgan fingerprint density at radius 1 is 1.44 bits per heavy atom. The lowest BCUT2D eigenvalue weighted by molar-refractivity contribution is -0.113. The van der Waals surface area contributed by atoms with Crippen molar-refractivity contribution in [1.29, 1.82) is 0 Å². The van der Waals surface area contributed by atoms with Crippen LogP contribution < -0.4 is 11.1 Å². The van der Waals surface area contributed by atoms with Gasteiger partial charge in [-0.15, -0.1) is 0 Å². The van der Waals surface area contributed by atoms with E-state index in [1.165, 1.54) is 12.1 Å². The van der Waals surface area contributed by atoms with Crippen LogP contribution in [0.4, 0.5) is 11.4 Å². The van der Waals surface area contributed by atoms with Crippen LogP contribution in [0.15, 0.2) is 18.2 Å². The standard InChI is InChI=1S/C11H15ClN2O3S/c1-2-5-18(16,17)7-11(15)14-10-4-3-8(13)6-9(10)12/h3-4,6H,2,5,7,13H2,1H3,(H,14,15). The smallest absolute Gasteiger partial charge is 0.239 e. The number of hydrogen-bond donors (Lipinski definition) is 2. The summed E-state index contributed by atoms with van der Waals surface area (Å²) in [6.07, 6.45) is 0.484. The molecule has 0 aliphatic rings. The highest BCUT2D eigenvalue weighted by atomic mass is 35.5. The first kappa shape index (κ1) is 14.8. The van der Waals surface area contributed by atoms with Gasteiger partial charge in [0, 0.05) is 5.69 Å². The summed E-state index contributed by atoms with van der Waals surface area (Å²) in [4.78, 5) is 11.6. The number of sulfone groups is 1. The molecular formula is C11H15ClN2O3S. The number of carbonyl (C=O) groups excluding carboxylic acids is 1. The molecule has 0 heterocycles. The van der Waals surface area contributed by atoms with Gasteiger partial charge in [-0.1, -0.05) is 18.5 Å². The predicted molar refractivity (Wildman–Crippen MR) is 73.4 cm³/mol. The van der Waals surface area contributed by atoms with Crippen molar-refractivity contribution in [1.82, 2.24) is 0 Å². The van der Waals surface area contributed by atoms with Gasteiger partial charge in [0.15, 0.2) is 9.84 Å². The number of nitrogens with one attached hydrogen (secondary N) is 1.